The number of hydrogen-bond acceptors (Lipinski definition) is 5. The average molecular weight is 467 g/mol. The van der Waals surface area contributed by atoms with Crippen LogP contribution in [0.2, 0.25) is 0 Å². The van der Waals surface area contributed by atoms with Crippen molar-refractivity contribution in [3.63, 3.8) is 0 Å². The number of aryl methyl sites for hydroxylation is 1. The molecule has 1 aliphatic heterocycles. The summed E-state index contributed by atoms with van der Waals surface area (Å²) in [5, 5.41) is 3.35. The van der Waals surface area contributed by atoms with Crippen molar-refractivity contribution < 1.29 is 17.9 Å². The van der Waals surface area contributed by atoms with E-state index in [2.05, 4.69) is 25.0 Å². The van der Waals surface area contributed by atoms with Gasteiger partial charge in [-0.15, -0.1) is 0 Å². The smallest absolute Gasteiger partial charge is 0.387 e. The number of rotatable bonds is 6. The van der Waals surface area contributed by atoms with Crippen LogP contribution in [0.4, 0.5) is 13.2 Å². The summed E-state index contributed by atoms with van der Waals surface area (Å²) in [6, 6.07) is 8.01. The van der Waals surface area contributed by atoms with Crippen LogP contribution in [0.3, 0.4) is 0 Å². The van der Waals surface area contributed by atoms with Crippen molar-refractivity contribution in [3.05, 3.63) is 77.5 Å². The summed E-state index contributed by atoms with van der Waals surface area (Å²) in [6.45, 7) is 0.740. The molecule has 4 aromatic rings. The molecule has 1 N–H and O–H groups in total. The fraction of sp³-hybridized carbons (Fsp3) is 0.320. The van der Waals surface area contributed by atoms with E-state index in [1.165, 1.54) is 12.1 Å². The van der Waals surface area contributed by atoms with Gasteiger partial charge in [0.25, 0.3) is 0 Å². The largest absolute Gasteiger partial charge is 0.435 e. The minimum atomic E-state index is -2.92. The Morgan fingerprint density at radius 3 is 2.74 bits per heavy atom. The molecule has 176 valence electrons. The van der Waals surface area contributed by atoms with Crippen molar-refractivity contribution in [2.75, 3.05) is 13.1 Å². The van der Waals surface area contributed by atoms with Gasteiger partial charge in [-0.25, -0.2) is 19.3 Å². The maximum absolute atomic E-state index is 15.0. The number of fused-ring (bicyclic) bond motifs is 1. The molecule has 0 bridgehead atoms. The fourth-order valence-corrected chi connectivity index (χ4v) is 4.46. The molecule has 0 aliphatic carbocycles. The zero-order valence-electron chi connectivity index (χ0n) is 18.6. The van der Waals surface area contributed by atoms with E-state index in [4.69, 9.17) is 0 Å². The molecule has 1 atom stereocenters. The van der Waals surface area contributed by atoms with Gasteiger partial charge in [-0.2, -0.15) is 8.78 Å². The first kappa shape index (κ1) is 22.3. The van der Waals surface area contributed by atoms with Crippen molar-refractivity contribution in [2.24, 2.45) is 0 Å². The van der Waals surface area contributed by atoms with E-state index in [1.807, 2.05) is 6.92 Å². The highest BCUT2D eigenvalue weighted by atomic mass is 19.3. The van der Waals surface area contributed by atoms with E-state index < -0.39 is 12.4 Å². The van der Waals surface area contributed by atoms with Crippen LogP contribution in [0, 0.1) is 12.7 Å². The topological polar surface area (TPSA) is 64.3 Å². The van der Waals surface area contributed by atoms with Gasteiger partial charge in [-0.1, -0.05) is 18.2 Å². The summed E-state index contributed by atoms with van der Waals surface area (Å²) >= 11 is 0. The fourth-order valence-electron chi connectivity index (χ4n) is 4.46. The summed E-state index contributed by atoms with van der Waals surface area (Å²) in [4.78, 5) is 13.5. The zero-order chi connectivity index (χ0) is 23.7. The Balaban J connectivity index is 1.50. The zero-order valence-corrected chi connectivity index (χ0v) is 18.6. The first-order chi connectivity index (χ1) is 16.5. The Kier molecular flexibility index (Phi) is 6.19. The summed E-state index contributed by atoms with van der Waals surface area (Å²) in [6.07, 6.45) is 7.37. The molecule has 1 aliphatic rings. The van der Waals surface area contributed by atoms with Gasteiger partial charge in [0.15, 0.2) is 0 Å². The van der Waals surface area contributed by atoms with Gasteiger partial charge in [-0.05, 0) is 32.4 Å². The number of aromatic nitrogens is 4. The van der Waals surface area contributed by atoms with E-state index in [0.717, 1.165) is 37.4 Å². The van der Waals surface area contributed by atoms with E-state index in [9.17, 15) is 8.78 Å². The van der Waals surface area contributed by atoms with Crippen LogP contribution in [-0.2, 0) is 6.42 Å². The lowest BCUT2D eigenvalue weighted by atomic mass is 9.99. The van der Waals surface area contributed by atoms with Gasteiger partial charge in [0.2, 0.25) is 0 Å². The molecule has 0 spiro atoms. The van der Waals surface area contributed by atoms with E-state index in [-0.39, 0.29) is 11.7 Å². The van der Waals surface area contributed by atoms with Crippen molar-refractivity contribution in [2.45, 2.75) is 38.7 Å². The lowest BCUT2D eigenvalue weighted by molar-refractivity contribution is -0.0503. The third-order valence-electron chi connectivity index (χ3n) is 6.20. The van der Waals surface area contributed by atoms with Gasteiger partial charge < -0.3 is 14.5 Å². The van der Waals surface area contributed by atoms with Crippen LogP contribution in [0.25, 0.3) is 16.8 Å². The summed E-state index contributed by atoms with van der Waals surface area (Å²) in [5.74, 6) is 0.692. The number of piperidine rings is 1. The maximum Gasteiger partial charge on any atom is 0.387 e. The summed E-state index contributed by atoms with van der Waals surface area (Å²) in [7, 11) is 0. The molecular weight excluding hydrogens is 443 g/mol. The lowest BCUT2D eigenvalue weighted by Gasteiger charge is -2.21. The highest BCUT2D eigenvalue weighted by molar-refractivity contribution is 5.64. The summed E-state index contributed by atoms with van der Waals surface area (Å²) < 4.78 is 47.2. The first-order valence-corrected chi connectivity index (χ1v) is 11.2. The van der Waals surface area contributed by atoms with Gasteiger partial charge in [0, 0.05) is 65.9 Å². The Morgan fingerprint density at radius 2 is 2.00 bits per heavy atom. The van der Waals surface area contributed by atoms with E-state index >= 15 is 4.39 Å². The number of benzene rings is 1. The Labute approximate surface area is 194 Å². The van der Waals surface area contributed by atoms with Crippen LogP contribution in [-0.4, -0.2) is 39.1 Å². The number of imidazole rings is 1. The molecule has 6 nitrogen and oxygen atoms in total. The number of ether oxygens (including phenoxy) is 1. The molecule has 1 aromatic carbocycles. The number of hydrogen-bond donors (Lipinski definition) is 1. The van der Waals surface area contributed by atoms with Crippen molar-refractivity contribution >= 4 is 5.65 Å². The quantitative estimate of drug-likeness (QED) is 0.437. The number of nitrogens with zero attached hydrogens (tertiary/aromatic N) is 4. The Morgan fingerprint density at radius 1 is 1.21 bits per heavy atom. The predicted molar refractivity (Wildman–Crippen MR) is 122 cm³/mol. The molecule has 1 fully saturated rings. The molecule has 1 saturated heterocycles. The number of alkyl halides is 2. The van der Waals surface area contributed by atoms with Crippen molar-refractivity contribution in [1.82, 2.24) is 24.7 Å². The standard InChI is InChI=1S/C25H24F3N5O/c1-15-21(9-16-5-2-3-7-22(16)34-25(27)28)33-14-19(20(26)10-23(33)32-15)18-12-30-24(31-13-18)17-6-4-8-29-11-17/h2-3,5,7,10,12-14,17,25,29H,4,6,8-9,11H2,1H3. The lowest BCUT2D eigenvalue weighted by Crippen LogP contribution is -2.29. The molecule has 5 rings (SSSR count). The summed E-state index contributed by atoms with van der Waals surface area (Å²) in [5.41, 5.74) is 3.37. The Hall–Kier alpha value is -3.46. The van der Waals surface area contributed by atoms with E-state index in [1.54, 1.807) is 41.2 Å². The van der Waals surface area contributed by atoms with Crippen molar-refractivity contribution in [3.8, 4) is 16.9 Å². The molecule has 4 heterocycles. The SMILES string of the molecule is Cc1nc2cc(F)c(-c3cnc(C4CCCNC4)nc3)cn2c1Cc1ccccc1OC(F)F. The second kappa shape index (κ2) is 9.42. The second-order valence-electron chi connectivity index (χ2n) is 8.44. The van der Waals surface area contributed by atoms with Crippen LogP contribution in [0.5, 0.6) is 5.75 Å². The highest BCUT2D eigenvalue weighted by Gasteiger charge is 2.20. The third-order valence-corrected chi connectivity index (χ3v) is 6.20. The molecule has 9 heteroatoms. The monoisotopic (exact) mass is 467 g/mol. The molecule has 0 saturated carbocycles. The molecule has 3 aromatic heterocycles. The number of pyridine rings is 1. The minimum Gasteiger partial charge on any atom is -0.435 e. The van der Waals surface area contributed by atoms with Crippen LogP contribution in [0.1, 0.15) is 41.5 Å². The first-order valence-electron chi connectivity index (χ1n) is 11.2. The third kappa shape index (κ3) is 4.48. The average Bonchev–Trinajstić information content (AvgIpc) is 3.14. The molecule has 1 unspecified atom stereocenters. The van der Waals surface area contributed by atoms with Gasteiger partial charge in [0.05, 0.1) is 5.69 Å². The predicted octanol–water partition coefficient (Wildman–Crippen LogP) is 4.90. The number of para-hydroxylation sites is 1. The van der Waals surface area contributed by atoms with Crippen LogP contribution >= 0.6 is 0 Å². The number of halogens is 3. The van der Waals surface area contributed by atoms with Crippen LogP contribution < -0.4 is 10.1 Å². The van der Waals surface area contributed by atoms with Gasteiger partial charge >= 0.3 is 6.61 Å². The van der Waals surface area contributed by atoms with E-state index in [0.29, 0.717) is 34.5 Å². The molecule has 0 amide bonds. The van der Waals surface area contributed by atoms with Crippen LogP contribution in [0.15, 0.2) is 48.9 Å². The normalized spacial score (nSPS) is 16.3. The molecular formula is C25H24F3N5O. The minimum absolute atomic E-state index is 0.107. The highest BCUT2D eigenvalue weighted by Crippen LogP contribution is 2.29. The second-order valence-corrected chi connectivity index (χ2v) is 8.44. The maximum atomic E-state index is 15.0. The molecule has 0 radical (unpaired) electrons. The Bertz CT molecular complexity index is 1300. The van der Waals surface area contributed by atoms with Gasteiger partial charge in [-0.3, -0.25) is 0 Å². The number of nitrogens with one attached hydrogen (secondary N) is 1. The van der Waals surface area contributed by atoms with Gasteiger partial charge in [0.1, 0.15) is 23.0 Å². The molecule has 34 heavy (non-hydrogen) atoms. The van der Waals surface area contributed by atoms with Crippen molar-refractivity contribution in [1.29, 1.82) is 0 Å².